The number of hydrogen-bond acceptors (Lipinski definition) is 4. The molecular formula is C11H13BrF2N2O2. The number of carbonyl (C=O) groups is 1. The standard InChI is InChI=1S/C11H13BrF2N2O2/c1-2-18-9(17)4-6-3-8(15)7(5-12)10(16-6)11(13)14/h3,11H,2,4-5H2,1H3,(H2,15,16). The van der Waals surface area contributed by atoms with Gasteiger partial charge in [-0.3, -0.25) is 9.78 Å². The van der Waals surface area contributed by atoms with Gasteiger partial charge >= 0.3 is 5.97 Å². The molecule has 1 heterocycles. The number of halogens is 3. The van der Waals surface area contributed by atoms with Gasteiger partial charge in [-0.15, -0.1) is 0 Å². The Balaban J connectivity index is 3.05. The number of pyridine rings is 1. The molecule has 0 atom stereocenters. The molecule has 1 aromatic rings. The fraction of sp³-hybridized carbons (Fsp3) is 0.455. The van der Waals surface area contributed by atoms with E-state index in [0.29, 0.717) is 0 Å². The highest BCUT2D eigenvalue weighted by Gasteiger charge is 2.19. The highest BCUT2D eigenvalue weighted by Crippen LogP contribution is 2.28. The van der Waals surface area contributed by atoms with Crippen molar-refractivity contribution in [2.45, 2.75) is 25.1 Å². The molecule has 0 bridgehead atoms. The summed E-state index contributed by atoms with van der Waals surface area (Å²) in [7, 11) is 0. The summed E-state index contributed by atoms with van der Waals surface area (Å²) in [6, 6.07) is 1.42. The Labute approximate surface area is 112 Å². The lowest BCUT2D eigenvalue weighted by Crippen LogP contribution is -2.12. The van der Waals surface area contributed by atoms with Gasteiger partial charge in [0.2, 0.25) is 0 Å². The molecule has 100 valence electrons. The highest BCUT2D eigenvalue weighted by molar-refractivity contribution is 9.08. The molecule has 0 aliphatic rings. The van der Waals surface area contributed by atoms with Gasteiger partial charge in [0.05, 0.1) is 18.7 Å². The van der Waals surface area contributed by atoms with Crippen LogP contribution in [0.25, 0.3) is 0 Å². The van der Waals surface area contributed by atoms with Gasteiger partial charge in [0.15, 0.2) is 0 Å². The van der Waals surface area contributed by atoms with Gasteiger partial charge in [-0.25, -0.2) is 8.78 Å². The molecule has 0 amide bonds. The van der Waals surface area contributed by atoms with Crippen molar-refractivity contribution in [3.05, 3.63) is 23.0 Å². The number of esters is 1. The maximum Gasteiger partial charge on any atom is 0.311 e. The van der Waals surface area contributed by atoms with Crippen LogP contribution < -0.4 is 5.73 Å². The predicted octanol–water partition coefficient (Wildman–Crippen LogP) is 2.60. The first kappa shape index (κ1) is 14.8. The number of rotatable bonds is 5. The summed E-state index contributed by atoms with van der Waals surface area (Å²) in [5, 5.41) is 0.186. The number of anilines is 1. The van der Waals surface area contributed by atoms with Crippen molar-refractivity contribution < 1.29 is 18.3 Å². The Morgan fingerprint density at radius 2 is 2.28 bits per heavy atom. The Morgan fingerprint density at radius 1 is 1.61 bits per heavy atom. The molecule has 0 radical (unpaired) electrons. The van der Waals surface area contributed by atoms with Crippen molar-refractivity contribution in [2.75, 3.05) is 12.3 Å². The van der Waals surface area contributed by atoms with E-state index in [9.17, 15) is 13.6 Å². The minimum Gasteiger partial charge on any atom is -0.466 e. The zero-order chi connectivity index (χ0) is 13.7. The third-order valence-electron chi connectivity index (χ3n) is 2.21. The van der Waals surface area contributed by atoms with Crippen molar-refractivity contribution in [1.29, 1.82) is 0 Å². The average Bonchev–Trinajstić information content (AvgIpc) is 2.28. The average molecular weight is 323 g/mol. The Morgan fingerprint density at radius 3 is 2.78 bits per heavy atom. The summed E-state index contributed by atoms with van der Waals surface area (Å²) in [6.45, 7) is 1.90. The quantitative estimate of drug-likeness (QED) is 0.668. The molecule has 0 aromatic carbocycles. The lowest BCUT2D eigenvalue weighted by atomic mass is 10.1. The first-order valence-corrected chi connectivity index (χ1v) is 6.39. The third-order valence-corrected chi connectivity index (χ3v) is 2.78. The number of aromatic nitrogens is 1. The molecule has 4 nitrogen and oxygen atoms in total. The van der Waals surface area contributed by atoms with Crippen molar-refractivity contribution in [2.24, 2.45) is 0 Å². The summed E-state index contributed by atoms with van der Waals surface area (Å²) in [5.41, 5.74) is 5.89. The third kappa shape index (κ3) is 3.63. The van der Waals surface area contributed by atoms with Crippen LogP contribution in [0.5, 0.6) is 0 Å². The summed E-state index contributed by atoms with van der Waals surface area (Å²) in [6.07, 6.45) is -2.90. The molecule has 0 spiro atoms. The lowest BCUT2D eigenvalue weighted by molar-refractivity contribution is -0.142. The molecule has 0 saturated carbocycles. The highest BCUT2D eigenvalue weighted by atomic mass is 79.9. The van der Waals surface area contributed by atoms with Gasteiger partial charge in [0.1, 0.15) is 5.69 Å². The minimum absolute atomic E-state index is 0.166. The van der Waals surface area contributed by atoms with Gasteiger partial charge in [0.25, 0.3) is 6.43 Å². The van der Waals surface area contributed by atoms with E-state index in [1.165, 1.54) is 6.07 Å². The number of nitrogens with zero attached hydrogens (tertiary/aromatic N) is 1. The zero-order valence-electron chi connectivity index (χ0n) is 9.75. The minimum atomic E-state index is -2.73. The first-order chi connectivity index (χ1) is 8.49. The van der Waals surface area contributed by atoms with Crippen LogP contribution >= 0.6 is 15.9 Å². The molecule has 0 unspecified atom stereocenters. The molecule has 18 heavy (non-hydrogen) atoms. The summed E-state index contributed by atoms with van der Waals surface area (Å²) >= 11 is 3.08. The fourth-order valence-corrected chi connectivity index (χ4v) is 2.06. The summed E-state index contributed by atoms with van der Waals surface area (Å²) in [4.78, 5) is 15.0. The molecule has 0 fully saturated rings. The second-order valence-corrected chi connectivity index (χ2v) is 4.04. The van der Waals surface area contributed by atoms with E-state index in [4.69, 9.17) is 10.5 Å². The van der Waals surface area contributed by atoms with E-state index >= 15 is 0 Å². The number of nitrogens with two attached hydrogens (primary N) is 1. The van der Waals surface area contributed by atoms with Gasteiger partial charge in [0, 0.05) is 16.6 Å². The van der Waals surface area contributed by atoms with Crippen LogP contribution in [0.3, 0.4) is 0 Å². The number of ether oxygens (including phenoxy) is 1. The smallest absolute Gasteiger partial charge is 0.311 e. The summed E-state index contributed by atoms with van der Waals surface area (Å²) in [5.74, 6) is -0.517. The number of carbonyl (C=O) groups excluding carboxylic acids is 1. The Hall–Kier alpha value is -1.24. The second kappa shape index (κ2) is 6.63. The topological polar surface area (TPSA) is 65.2 Å². The maximum atomic E-state index is 12.8. The normalized spacial score (nSPS) is 10.7. The summed E-state index contributed by atoms with van der Waals surface area (Å²) < 4.78 is 30.3. The van der Waals surface area contributed by atoms with Crippen LogP contribution in [-0.4, -0.2) is 17.6 Å². The predicted molar refractivity (Wildman–Crippen MR) is 66.6 cm³/mol. The molecule has 1 rings (SSSR count). The molecule has 0 aliphatic carbocycles. The monoisotopic (exact) mass is 322 g/mol. The van der Waals surface area contributed by atoms with Crippen LogP contribution in [0.15, 0.2) is 6.07 Å². The first-order valence-electron chi connectivity index (χ1n) is 5.27. The molecule has 2 N–H and O–H groups in total. The van der Waals surface area contributed by atoms with Crippen LogP contribution in [0.4, 0.5) is 14.5 Å². The van der Waals surface area contributed by atoms with E-state index in [2.05, 4.69) is 20.9 Å². The van der Waals surface area contributed by atoms with E-state index < -0.39 is 18.1 Å². The molecule has 7 heteroatoms. The Kier molecular flexibility index (Phi) is 5.46. The van der Waals surface area contributed by atoms with Crippen molar-refractivity contribution in [1.82, 2.24) is 4.98 Å². The van der Waals surface area contributed by atoms with Crippen molar-refractivity contribution >= 4 is 27.6 Å². The van der Waals surface area contributed by atoms with Crippen LogP contribution in [0.2, 0.25) is 0 Å². The molecule has 0 saturated heterocycles. The zero-order valence-corrected chi connectivity index (χ0v) is 11.3. The lowest BCUT2D eigenvalue weighted by Gasteiger charge is -2.11. The number of alkyl halides is 3. The van der Waals surface area contributed by atoms with E-state index in [1.807, 2.05) is 0 Å². The number of hydrogen-bond donors (Lipinski definition) is 1. The molecule has 0 aliphatic heterocycles. The van der Waals surface area contributed by atoms with E-state index in [-0.39, 0.29) is 35.3 Å². The van der Waals surface area contributed by atoms with Crippen LogP contribution in [0, 0.1) is 0 Å². The SMILES string of the molecule is CCOC(=O)Cc1cc(N)c(CBr)c(C(F)F)n1. The molecule has 1 aromatic heterocycles. The van der Waals surface area contributed by atoms with E-state index in [1.54, 1.807) is 6.92 Å². The van der Waals surface area contributed by atoms with Gasteiger partial charge in [-0.05, 0) is 13.0 Å². The largest absolute Gasteiger partial charge is 0.466 e. The van der Waals surface area contributed by atoms with Gasteiger partial charge < -0.3 is 10.5 Å². The second-order valence-electron chi connectivity index (χ2n) is 3.48. The number of nitrogen functional groups attached to an aromatic ring is 1. The van der Waals surface area contributed by atoms with Crippen LogP contribution in [0.1, 0.15) is 30.3 Å². The molecular weight excluding hydrogens is 310 g/mol. The fourth-order valence-electron chi connectivity index (χ4n) is 1.45. The van der Waals surface area contributed by atoms with Crippen LogP contribution in [-0.2, 0) is 21.3 Å². The Bertz CT molecular complexity index is 441. The maximum absolute atomic E-state index is 12.8. The van der Waals surface area contributed by atoms with Crippen molar-refractivity contribution in [3.8, 4) is 0 Å². The van der Waals surface area contributed by atoms with Gasteiger partial charge in [-0.2, -0.15) is 0 Å². The van der Waals surface area contributed by atoms with E-state index in [0.717, 1.165) is 0 Å². The van der Waals surface area contributed by atoms with Crippen molar-refractivity contribution in [3.63, 3.8) is 0 Å². The van der Waals surface area contributed by atoms with Gasteiger partial charge in [-0.1, -0.05) is 15.9 Å².